The van der Waals surface area contributed by atoms with Gasteiger partial charge in [0, 0.05) is 13.2 Å². The second kappa shape index (κ2) is 8.71. The van der Waals surface area contributed by atoms with E-state index in [1.165, 1.54) is 23.5 Å². The van der Waals surface area contributed by atoms with Gasteiger partial charge >= 0.3 is 5.97 Å². The molecule has 5 heteroatoms. The molecule has 0 spiro atoms. The van der Waals surface area contributed by atoms with E-state index in [9.17, 15) is 9.59 Å². The molecule has 1 aliphatic carbocycles. The van der Waals surface area contributed by atoms with Crippen LogP contribution in [0.1, 0.15) is 42.7 Å². The van der Waals surface area contributed by atoms with Crippen LogP contribution < -0.4 is 5.56 Å². The predicted octanol–water partition coefficient (Wildman–Crippen LogP) is 3.64. The minimum absolute atomic E-state index is 0.0391. The molecule has 0 saturated heterocycles. The van der Waals surface area contributed by atoms with E-state index < -0.39 is 5.97 Å². The van der Waals surface area contributed by atoms with E-state index in [2.05, 4.69) is 24.3 Å². The van der Waals surface area contributed by atoms with Crippen LogP contribution in [0, 0.1) is 0 Å². The van der Waals surface area contributed by atoms with Crippen LogP contribution in [0.15, 0.2) is 59.7 Å². The molecule has 1 saturated carbocycles. The number of hydrogen-bond donors (Lipinski definition) is 0. The third kappa shape index (κ3) is 4.48. The number of hydrogen-bond acceptors (Lipinski definition) is 4. The SMILES string of the molecule is COC(=O)/C(=C/O[C@H]1CC[C@@H](c2ccccc2)CC1)c1cccn(C)c1=O. The Kier molecular flexibility index (Phi) is 6.12. The lowest BCUT2D eigenvalue weighted by molar-refractivity contribution is -0.133. The maximum absolute atomic E-state index is 12.3. The Hall–Kier alpha value is -2.82. The molecule has 0 aliphatic heterocycles. The molecule has 1 heterocycles. The number of esters is 1. The molecule has 1 fully saturated rings. The molecule has 3 rings (SSSR count). The number of methoxy groups -OCH3 is 1. The minimum Gasteiger partial charge on any atom is -0.497 e. The quantitative estimate of drug-likeness (QED) is 0.460. The highest BCUT2D eigenvalue weighted by atomic mass is 16.5. The molecule has 0 bridgehead atoms. The van der Waals surface area contributed by atoms with Crippen molar-refractivity contribution in [3.05, 3.63) is 76.4 Å². The van der Waals surface area contributed by atoms with Crippen LogP contribution in [-0.4, -0.2) is 23.8 Å². The van der Waals surface area contributed by atoms with Gasteiger partial charge in [0.05, 0.1) is 25.0 Å². The van der Waals surface area contributed by atoms with Gasteiger partial charge in [-0.3, -0.25) is 4.79 Å². The Labute approximate surface area is 159 Å². The summed E-state index contributed by atoms with van der Waals surface area (Å²) in [7, 11) is 2.95. The van der Waals surface area contributed by atoms with Crippen LogP contribution in [0.4, 0.5) is 0 Å². The standard InChI is InChI=1S/C22H25NO4/c1-23-14-6-9-19(21(23)24)20(22(25)26-2)15-27-18-12-10-17(11-13-18)16-7-4-3-5-8-16/h3-9,14-15,17-18H,10-13H2,1-2H3/b20-15+/t17-,18+. The van der Waals surface area contributed by atoms with Gasteiger partial charge in [-0.15, -0.1) is 0 Å². The van der Waals surface area contributed by atoms with Crippen LogP contribution in [0.5, 0.6) is 0 Å². The number of pyridine rings is 1. The van der Waals surface area contributed by atoms with Crippen molar-refractivity contribution in [1.29, 1.82) is 0 Å². The molecule has 142 valence electrons. The van der Waals surface area contributed by atoms with E-state index in [4.69, 9.17) is 9.47 Å². The monoisotopic (exact) mass is 367 g/mol. The summed E-state index contributed by atoms with van der Waals surface area (Å²) in [6, 6.07) is 13.9. The normalized spacial score (nSPS) is 20.1. The van der Waals surface area contributed by atoms with Gasteiger partial charge in [-0.05, 0) is 49.3 Å². The minimum atomic E-state index is -0.573. The van der Waals surface area contributed by atoms with Crippen molar-refractivity contribution in [3.8, 4) is 0 Å². The molecule has 0 amide bonds. The van der Waals surface area contributed by atoms with Crippen molar-refractivity contribution < 1.29 is 14.3 Å². The summed E-state index contributed by atoms with van der Waals surface area (Å²) in [4.78, 5) is 24.5. The summed E-state index contributed by atoms with van der Waals surface area (Å²) in [5, 5.41) is 0. The molecule has 1 aliphatic rings. The van der Waals surface area contributed by atoms with E-state index in [1.807, 2.05) is 6.07 Å². The molecule has 2 aromatic rings. The number of benzene rings is 1. The Bertz CT molecular complexity index is 861. The first-order chi connectivity index (χ1) is 13.1. The summed E-state index contributed by atoms with van der Waals surface area (Å²) in [6.45, 7) is 0. The van der Waals surface area contributed by atoms with E-state index in [-0.39, 0.29) is 22.8 Å². The third-order valence-corrected chi connectivity index (χ3v) is 5.14. The highest BCUT2D eigenvalue weighted by Crippen LogP contribution is 2.34. The maximum atomic E-state index is 12.3. The van der Waals surface area contributed by atoms with Gasteiger partial charge in [-0.1, -0.05) is 30.3 Å². The first-order valence-corrected chi connectivity index (χ1v) is 9.25. The second-order valence-corrected chi connectivity index (χ2v) is 6.88. The number of rotatable bonds is 5. The van der Waals surface area contributed by atoms with Gasteiger partial charge in [-0.2, -0.15) is 0 Å². The van der Waals surface area contributed by atoms with Gasteiger partial charge in [0.25, 0.3) is 5.56 Å². The van der Waals surface area contributed by atoms with Gasteiger partial charge in [0.2, 0.25) is 0 Å². The average Bonchev–Trinajstić information content (AvgIpc) is 2.72. The average molecular weight is 367 g/mol. The summed E-state index contributed by atoms with van der Waals surface area (Å²) in [6.07, 6.45) is 7.00. The molecule has 0 unspecified atom stereocenters. The van der Waals surface area contributed by atoms with E-state index >= 15 is 0 Å². The lowest BCUT2D eigenvalue weighted by Gasteiger charge is -2.28. The van der Waals surface area contributed by atoms with Crippen molar-refractivity contribution in [2.45, 2.75) is 37.7 Å². The first-order valence-electron chi connectivity index (χ1n) is 9.25. The maximum Gasteiger partial charge on any atom is 0.341 e. The lowest BCUT2D eigenvalue weighted by Crippen LogP contribution is -2.23. The Morgan fingerprint density at radius 3 is 2.44 bits per heavy atom. The van der Waals surface area contributed by atoms with E-state index in [1.54, 1.807) is 25.4 Å². The molecule has 0 N–H and O–H groups in total. The predicted molar refractivity (Wildman–Crippen MR) is 104 cm³/mol. The highest BCUT2D eigenvalue weighted by molar-refractivity contribution is 6.15. The van der Waals surface area contributed by atoms with Crippen molar-refractivity contribution >= 4 is 11.5 Å². The van der Waals surface area contributed by atoms with Crippen molar-refractivity contribution in [2.24, 2.45) is 7.05 Å². The van der Waals surface area contributed by atoms with E-state index in [0.717, 1.165) is 25.7 Å². The van der Waals surface area contributed by atoms with E-state index in [0.29, 0.717) is 5.92 Å². The van der Waals surface area contributed by atoms with Crippen LogP contribution >= 0.6 is 0 Å². The number of aryl methyl sites for hydroxylation is 1. The Morgan fingerprint density at radius 2 is 1.78 bits per heavy atom. The molecular weight excluding hydrogens is 342 g/mol. The van der Waals surface area contributed by atoms with Crippen LogP contribution in [0.25, 0.3) is 5.57 Å². The van der Waals surface area contributed by atoms with Gasteiger partial charge in [0.1, 0.15) is 5.57 Å². The Balaban J connectivity index is 1.70. The van der Waals surface area contributed by atoms with Gasteiger partial charge in [0.15, 0.2) is 0 Å². The molecular formula is C22H25NO4. The van der Waals surface area contributed by atoms with Gasteiger partial charge < -0.3 is 14.0 Å². The zero-order chi connectivity index (χ0) is 19.2. The van der Waals surface area contributed by atoms with Crippen LogP contribution in [-0.2, 0) is 21.3 Å². The molecule has 1 aromatic heterocycles. The highest BCUT2D eigenvalue weighted by Gasteiger charge is 2.24. The molecule has 0 atom stereocenters. The van der Waals surface area contributed by atoms with Crippen LogP contribution in [0.3, 0.4) is 0 Å². The number of carbonyl (C=O) groups excluding carboxylic acids is 1. The summed E-state index contributed by atoms with van der Waals surface area (Å²) in [5.74, 6) is -0.0206. The lowest BCUT2D eigenvalue weighted by atomic mass is 9.83. The Morgan fingerprint density at radius 1 is 1.07 bits per heavy atom. The van der Waals surface area contributed by atoms with Crippen LogP contribution in [0.2, 0.25) is 0 Å². The number of ether oxygens (including phenoxy) is 2. The summed E-state index contributed by atoms with van der Waals surface area (Å²) >= 11 is 0. The largest absolute Gasteiger partial charge is 0.497 e. The summed E-state index contributed by atoms with van der Waals surface area (Å²) in [5.41, 5.74) is 1.55. The molecule has 27 heavy (non-hydrogen) atoms. The fraction of sp³-hybridized carbons (Fsp3) is 0.364. The van der Waals surface area contributed by atoms with Gasteiger partial charge in [-0.25, -0.2) is 4.79 Å². The smallest absolute Gasteiger partial charge is 0.341 e. The number of nitrogens with zero attached hydrogens (tertiary/aromatic N) is 1. The fourth-order valence-electron chi connectivity index (χ4n) is 3.56. The summed E-state index contributed by atoms with van der Waals surface area (Å²) < 4.78 is 12.2. The molecule has 0 radical (unpaired) electrons. The topological polar surface area (TPSA) is 57.5 Å². The third-order valence-electron chi connectivity index (χ3n) is 5.14. The van der Waals surface area contributed by atoms with Crippen molar-refractivity contribution in [3.63, 3.8) is 0 Å². The zero-order valence-corrected chi connectivity index (χ0v) is 15.8. The molecule has 1 aromatic carbocycles. The number of aromatic nitrogens is 1. The number of carbonyl (C=O) groups is 1. The first kappa shape index (κ1) is 19.0. The zero-order valence-electron chi connectivity index (χ0n) is 15.8. The molecule has 5 nitrogen and oxygen atoms in total. The second-order valence-electron chi connectivity index (χ2n) is 6.88. The van der Waals surface area contributed by atoms with Crippen molar-refractivity contribution in [1.82, 2.24) is 4.57 Å². The fourth-order valence-corrected chi connectivity index (χ4v) is 3.56. The van der Waals surface area contributed by atoms with Crippen molar-refractivity contribution in [2.75, 3.05) is 7.11 Å².